The molecule has 0 aliphatic rings. The number of rotatable bonds is 3. The summed E-state index contributed by atoms with van der Waals surface area (Å²) in [5.74, 6) is 0. The fourth-order valence-electron chi connectivity index (χ4n) is 0.512. The molecule has 0 aromatic carbocycles. The topological polar surface area (TPSA) is 0 Å². The molecule has 0 aliphatic carbocycles. The molecule has 0 nitrogen and oxygen atoms in total. The number of halogens is 2. The highest BCUT2D eigenvalue weighted by Crippen LogP contribution is 2.12. The van der Waals surface area contributed by atoms with Crippen LogP contribution in [0.15, 0.2) is 0 Å². The van der Waals surface area contributed by atoms with Crippen LogP contribution in [0.3, 0.4) is 0 Å². The Balaban J connectivity index is 3.29. The number of alkyl halides is 2. The van der Waals surface area contributed by atoms with E-state index >= 15 is 0 Å². The van der Waals surface area contributed by atoms with Crippen molar-refractivity contribution in [1.82, 2.24) is 0 Å². The van der Waals surface area contributed by atoms with Gasteiger partial charge in [0.25, 0.3) is 0 Å². The van der Waals surface area contributed by atoms with E-state index in [4.69, 9.17) is 11.6 Å². The molecule has 2 heteroatoms. The molecule has 8 heavy (non-hydrogen) atoms. The maximum atomic E-state index is 12.4. The Morgan fingerprint density at radius 1 is 1.38 bits per heavy atom. The van der Waals surface area contributed by atoms with E-state index in [1.54, 1.807) is 6.92 Å². The lowest BCUT2D eigenvalue weighted by Gasteiger charge is -2.08. The van der Waals surface area contributed by atoms with Crippen LogP contribution in [-0.2, 0) is 0 Å². The second-order valence-corrected chi connectivity index (χ2v) is 2.41. The van der Waals surface area contributed by atoms with Gasteiger partial charge in [-0.1, -0.05) is 13.8 Å². The lowest BCUT2D eigenvalue weighted by molar-refractivity contribution is 0.308. The van der Waals surface area contributed by atoms with Crippen molar-refractivity contribution >= 4 is 11.6 Å². The maximum Gasteiger partial charge on any atom is 0.116 e. The average molecular weight is 139 g/mol. The molecule has 50 valence electrons. The van der Waals surface area contributed by atoms with Crippen LogP contribution in [0.2, 0.25) is 0 Å². The Bertz CT molecular complexity index is 48.5. The highest BCUT2D eigenvalue weighted by Gasteiger charge is 2.12. The Hall–Kier alpha value is 0.220. The normalized spacial score (nSPS) is 18.0. The van der Waals surface area contributed by atoms with Gasteiger partial charge in [0.05, 0.1) is 5.38 Å². The molecular formula is C6H12ClF. The third kappa shape index (κ3) is 2.51. The van der Waals surface area contributed by atoms with Crippen LogP contribution in [0.25, 0.3) is 0 Å². The summed E-state index contributed by atoms with van der Waals surface area (Å²) in [4.78, 5) is 0. The minimum atomic E-state index is -0.818. The van der Waals surface area contributed by atoms with Gasteiger partial charge in [-0.3, -0.25) is 0 Å². The van der Waals surface area contributed by atoms with Crippen molar-refractivity contribution in [2.24, 2.45) is 0 Å². The standard InChI is InChI=1S/C6H12ClF/c1-3-5(7)6(8)4-2/h5-6H,3-4H2,1-2H3/t5-,6+/m1/s1. The molecule has 0 fully saturated rings. The Morgan fingerprint density at radius 3 is 2.00 bits per heavy atom. The molecule has 0 saturated heterocycles. The lowest BCUT2D eigenvalue weighted by Crippen LogP contribution is -2.12. The monoisotopic (exact) mass is 138 g/mol. The zero-order valence-electron chi connectivity index (χ0n) is 5.32. The van der Waals surface area contributed by atoms with Crippen molar-refractivity contribution in [1.29, 1.82) is 0 Å². The molecule has 0 aromatic heterocycles. The van der Waals surface area contributed by atoms with Crippen LogP contribution in [0.1, 0.15) is 26.7 Å². The Kier molecular flexibility index (Phi) is 4.25. The van der Waals surface area contributed by atoms with Crippen LogP contribution in [0.4, 0.5) is 4.39 Å². The molecule has 0 spiro atoms. The van der Waals surface area contributed by atoms with Crippen LogP contribution in [0, 0.1) is 0 Å². The van der Waals surface area contributed by atoms with E-state index in [9.17, 15) is 4.39 Å². The van der Waals surface area contributed by atoms with Gasteiger partial charge >= 0.3 is 0 Å². The molecule has 0 aromatic rings. The zero-order valence-corrected chi connectivity index (χ0v) is 6.08. The van der Waals surface area contributed by atoms with E-state index in [0.717, 1.165) is 6.42 Å². The molecule has 0 amide bonds. The fourth-order valence-corrected chi connectivity index (χ4v) is 0.690. The van der Waals surface area contributed by atoms with E-state index < -0.39 is 6.17 Å². The first-order valence-corrected chi connectivity index (χ1v) is 3.44. The molecule has 0 N–H and O–H groups in total. The predicted molar refractivity (Wildman–Crippen MR) is 35.1 cm³/mol. The third-order valence-corrected chi connectivity index (χ3v) is 1.75. The maximum absolute atomic E-state index is 12.4. The SMILES string of the molecule is CC[C@@H](Cl)[C@@H](F)CC. The van der Waals surface area contributed by atoms with Crippen molar-refractivity contribution in [3.63, 3.8) is 0 Å². The highest BCUT2D eigenvalue weighted by molar-refractivity contribution is 6.20. The summed E-state index contributed by atoms with van der Waals surface area (Å²) >= 11 is 5.54. The van der Waals surface area contributed by atoms with Crippen LogP contribution < -0.4 is 0 Å². The third-order valence-electron chi connectivity index (χ3n) is 1.17. The van der Waals surface area contributed by atoms with Crippen LogP contribution >= 0.6 is 11.6 Å². The molecule has 0 rings (SSSR count). The number of hydrogen-bond donors (Lipinski definition) is 0. The highest BCUT2D eigenvalue weighted by atomic mass is 35.5. The molecule has 0 aliphatic heterocycles. The van der Waals surface area contributed by atoms with Gasteiger partial charge in [0.15, 0.2) is 0 Å². The van der Waals surface area contributed by atoms with Crippen molar-refractivity contribution in [2.75, 3.05) is 0 Å². The Morgan fingerprint density at radius 2 is 1.88 bits per heavy atom. The first-order valence-electron chi connectivity index (χ1n) is 3.00. The second kappa shape index (κ2) is 4.13. The van der Waals surface area contributed by atoms with E-state index in [0.29, 0.717) is 6.42 Å². The molecule has 0 radical (unpaired) electrons. The number of hydrogen-bond acceptors (Lipinski definition) is 0. The zero-order chi connectivity index (χ0) is 6.57. The molecule has 0 saturated carbocycles. The summed E-state index contributed by atoms with van der Waals surface area (Å²) in [7, 11) is 0. The summed E-state index contributed by atoms with van der Waals surface area (Å²) in [6.45, 7) is 3.69. The van der Waals surface area contributed by atoms with Crippen molar-refractivity contribution < 1.29 is 4.39 Å². The van der Waals surface area contributed by atoms with Crippen molar-refractivity contribution in [2.45, 2.75) is 38.2 Å². The fraction of sp³-hybridized carbons (Fsp3) is 1.00. The summed E-state index contributed by atoms with van der Waals surface area (Å²) in [6, 6.07) is 0. The van der Waals surface area contributed by atoms with Gasteiger partial charge in [-0.25, -0.2) is 4.39 Å². The van der Waals surface area contributed by atoms with Gasteiger partial charge in [-0.2, -0.15) is 0 Å². The Labute approximate surface area is 55.0 Å². The van der Waals surface area contributed by atoms with Crippen molar-refractivity contribution in [3.05, 3.63) is 0 Å². The molecule has 2 atom stereocenters. The molecule has 0 bridgehead atoms. The van der Waals surface area contributed by atoms with Gasteiger partial charge in [0, 0.05) is 0 Å². The van der Waals surface area contributed by atoms with Crippen LogP contribution in [-0.4, -0.2) is 11.5 Å². The smallest absolute Gasteiger partial charge is 0.116 e. The minimum absolute atomic E-state index is 0.278. The van der Waals surface area contributed by atoms with Gasteiger partial charge in [0.1, 0.15) is 6.17 Å². The van der Waals surface area contributed by atoms with Gasteiger partial charge < -0.3 is 0 Å². The summed E-state index contributed by atoms with van der Waals surface area (Å²) in [5.41, 5.74) is 0. The molecular weight excluding hydrogens is 127 g/mol. The van der Waals surface area contributed by atoms with Crippen LogP contribution in [0.5, 0.6) is 0 Å². The van der Waals surface area contributed by atoms with E-state index in [1.807, 2.05) is 6.92 Å². The average Bonchev–Trinajstić information content (AvgIpc) is 1.84. The van der Waals surface area contributed by atoms with Gasteiger partial charge in [-0.05, 0) is 12.8 Å². The largest absolute Gasteiger partial charge is 0.246 e. The quantitative estimate of drug-likeness (QED) is 0.526. The summed E-state index contributed by atoms with van der Waals surface area (Å²) in [6.07, 6.45) is 0.431. The summed E-state index contributed by atoms with van der Waals surface area (Å²) in [5, 5.41) is -0.278. The van der Waals surface area contributed by atoms with Gasteiger partial charge in [0.2, 0.25) is 0 Å². The first-order chi connectivity index (χ1) is 3.72. The van der Waals surface area contributed by atoms with Gasteiger partial charge in [-0.15, -0.1) is 11.6 Å². The van der Waals surface area contributed by atoms with E-state index in [1.165, 1.54) is 0 Å². The lowest BCUT2D eigenvalue weighted by atomic mass is 10.2. The van der Waals surface area contributed by atoms with E-state index in [2.05, 4.69) is 0 Å². The first kappa shape index (κ1) is 8.22. The second-order valence-electron chi connectivity index (χ2n) is 1.85. The van der Waals surface area contributed by atoms with Crippen molar-refractivity contribution in [3.8, 4) is 0 Å². The van der Waals surface area contributed by atoms with E-state index in [-0.39, 0.29) is 5.38 Å². The molecule has 0 unspecified atom stereocenters. The summed E-state index contributed by atoms with van der Waals surface area (Å²) < 4.78 is 12.4. The minimum Gasteiger partial charge on any atom is -0.246 e. The molecule has 0 heterocycles. The predicted octanol–water partition coefficient (Wildman–Crippen LogP) is 2.75.